The van der Waals surface area contributed by atoms with Crippen molar-refractivity contribution in [3.63, 3.8) is 0 Å². The highest BCUT2D eigenvalue weighted by Gasteiger charge is 2.54. The first kappa shape index (κ1) is 20.6. The second-order valence-corrected chi connectivity index (χ2v) is 9.15. The summed E-state index contributed by atoms with van der Waals surface area (Å²) in [4.78, 5) is 37.1. The summed E-state index contributed by atoms with van der Waals surface area (Å²) in [7, 11) is 0. The molecule has 0 spiro atoms. The number of ether oxygens (including phenoxy) is 1. The molecule has 4 fully saturated rings. The average Bonchev–Trinajstić information content (AvgIpc) is 2.70. The van der Waals surface area contributed by atoms with Crippen molar-refractivity contribution in [2.45, 2.75) is 51.5 Å². The van der Waals surface area contributed by atoms with Gasteiger partial charge < -0.3 is 10.1 Å². The van der Waals surface area contributed by atoms with Gasteiger partial charge >= 0.3 is 0 Å². The van der Waals surface area contributed by atoms with E-state index in [2.05, 4.69) is 16.2 Å². The van der Waals surface area contributed by atoms with Crippen LogP contribution in [0.15, 0.2) is 24.3 Å². The molecule has 3 N–H and O–H groups in total. The van der Waals surface area contributed by atoms with Gasteiger partial charge in [-0.2, -0.15) is 0 Å². The zero-order chi connectivity index (χ0) is 21.3. The molecule has 3 amide bonds. The van der Waals surface area contributed by atoms with E-state index >= 15 is 0 Å². The normalized spacial score (nSPS) is 29.7. The summed E-state index contributed by atoms with van der Waals surface area (Å²) < 4.78 is 18.6. The first-order chi connectivity index (χ1) is 14.3. The topological polar surface area (TPSA) is 96.5 Å². The summed E-state index contributed by atoms with van der Waals surface area (Å²) in [6.45, 7) is 1.14. The predicted octanol–water partition coefficient (Wildman–Crippen LogP) is 2.07. The second kappa shape index (κ2) is 8.24. The lowest BCUT2D eigenvalue weighted by Crippen LogP contribution is -2.58. The third-order valence-electron chi connectivity index (χ3n) is 6.78. The second-order valence-electron chi connectivity index (χ2n) is 9.15. The Morgan fingerprint density at radius 2 is 1.67 bits per heavy atom. The first-order valence-electron chi connectivity index (χ1n) is 10.6. The summed E-state index contributed by atoms with van der Waals surface area (Å²) in [5, 5.41) is 2.84. The Bertz CT molecular complexity index is 808. The van der Waals surface area contributed by atoms with Crippen LogP contribution >= 0.6 is 0 Å². The van der Waals surface area contributed by atoms with Crippen molar-refractivity contribution in [3.05, 3.63) is 30.1 Å². The molecule has 0 aromatic heterocycles. The van der Waals surface area contributed by atoms with Gasteiger partial charge in [0.05, 0.1) is 0 Å². The lowest BCUT2D eigenvalue weighted by atomic mass is 9.49. The van der Waals surface area contributed by atoms with E-state index in [1.54, 1.807) is 13.0 Å². The molecule has 4 bridgehead atoms. The molecule has 1 atom stereocenters. The molecule has 0 saturated heterocycles. The Kier molecular flexibility index (Phi) is 5.66. The minimum absolute atomic E-state index is 0.0431. The largest absolute Gasteiger partial charge is 0.481 e. The van der Waals surface area contributed by atoms with Crippen molar-refractivity contribution in [1.29, 1.82) is 0 Å². The quantitative estimate of drug-likeness (QED) is 0.618. The van der Waals surface area contributed by atoms with Crippen LogP contribution in [0.5, 0.6) is 5.75 Å². The number of rotatable bonds is 6. The number of hydrazine groups is 1. The number of carbonyl (C=O) groups is 3. The molecule has 162 valence electrons. The molecule has 1 aromatic carbocycles. The summed E-state index contributed by atoms with van der Waals surface area (Å²) >= 11 is 0. The lowest BCUT2D eigenvalue weighted by molar-refractivity contribution is -0.148. The molecule has 0 aliphatic heterocycles. The minimum Gasteiger partial charge on any atom is -0.481 e. The van der Waals surface area contributed by atoms with Crippen LogP contribution in [0.3, 0.4) is 0 Å². The molecule has 30 heavy (non-hydrogen) atoms. The SMILES string of the molecule is C[C@H](NC(=O)C12CC3CC(CC(C3)C1)C2)C(=O)NNC(=O)COc1ccccc1F. The first-order valence-corrected chi connectivity index (χ1v) is 10.6. The van der Waals surface area contributed by atoms with E-state index in [0.29, 0.717) is 17.8 Å². The van der Waals surface area contributed by atoms with Gasteiger partial charge in [-0.1, -0.05) is 12.1 Å². The number of hydrogen-bond acceptors (Lipinski definition) is 4. The summed E-state index contributed by atoms with van der Waals surface area (Å²) in [6, 6.07) is 4.96. The van der Waals surface area contributed by atoms with Crippen molar-refractivity contribution >= 4 is 17.7 Å². The van der Waals surface area contributed by atoms with Crippen molar-refractivity contribution in [3.8, 4) is 5.75 Å². The summed E-state index contributed by atoms with van der Waals surface area (Å²) in [5.41, 5.74) is 4.18. The molecule has 4 aliphatic carbocycles. The number of nitrogens with one attached hydrogen (secondary N) is 3. The molecule has 1 aromatic rings. The van der Waals surface area contributed by atoms with Gasteiger partial charge in [-0.15, -0.1) is 0 Å². The Balaban J connectivity index is 1.23. The lowest BCUT2D eigenvalue weighted by Gasteiger charge is -2.55. The van der Waals surface area contributed by atoms with E-state index in [-0.39, 0.29) is 17.1 Å². The molecule has 4 saturated carbocycles. The fraction of sp³-hybridized carbons (Fsp3) is 0.591. The molecule has 0 radical (unpaired) electrons. The maximum Gasteiger partial charge on any atom is 0.276 e. The van der Waals surface area contributed by atoms with Crippen LogP contribution in [0, 0.1) is 29.0 Å². The Morgan fingerprint density at radius 1 is 1.07 bits per heavy atom. The van der Waals surface area contributed by atoms with Gasteiger partial charge in [-0.25, -0.2) is 4.39 Å². The number of para-hydroxylation sites is 1. The van der Waals surface area contributed by atoms with Gasteiger partial charge in [0.2, 0.25) is 5.91 Å². The molecule has 8 heteroatoms. The number of benzene rings is 1. The molecule has 4 aliphatic rings. The predicted molar refractivity (Wildman–Crippen MR) is 106 cm³/mol. The van der Waals surface area contributed by atoms with Gasteiger partial charge in [0.1, 0.15) is 6.04 Å². The van der Waals surface area contributed by atoms with Crippen molar-refractivity contribution in [2.75, 3.05) is 6.61 Å². The molecule has 0 unspecified atom stereocenters. The third kappa shape index (κ3) is 4.27. The van der Waals surface area contributed by atoms with Gasteiger partial charge in [0.15, 0.2) is 18.2 Å². The molecule has 0 heterocycles. The van der Waals surface area contributed by atoms with Crippen molar-refractivity contribution in [1.82, 2.24) is 16.2 Å². The van der Waals surface area contributed by atoms with Crippen molar-refractivity contribution < 1.29 is 23.5 Å². The number of halogens is 1. The van der Waals surface area contributed by atoms with E-state index in [0.717, 1.165) is 19.3 Å². The highest BCUT2D eigenvalue weighted by molar-refractivity contribution is 5.91. The monoisotopic (exact) mass is 417 g/mol. The third-order valence-corrected chi connectivity index (χ3v) is 6.78. The maximum absolute atomic E-state index is 13.5. The molecular weight excluding hydrogens is 389 g/mol. The van der Waals surface area contributed by atoms with E-state index < -0.39 is 30.3 Å². The minimum atomic E-state index is -0.779. The van der Waals surface area contributed by atoms with Crippen LogP contribution in [-0.2, 0) is 14.4 Å². The van der Waals surface area contributed by atoms with Gasteiger partial charge in [-0.3, -0.25) is 25.2 Å². The van der Waals surface area contributed by atoms with Crippen LogP contribution < -0.4 is 20.9 Å². The zero-order valence-corrected chi connectivity index (χ0v) is 17.1. The van der Waals surface area contributed by atoms with Gasteiger partial charge in [0.25, 0.3) is 11.8 Å². The zero-order valence-electron chi connectivity index (χ0n) is 17.1. The highest BCUT2D eigenvalue weighted by Crippen LogP contribution is 2.60. The van der Waals surface area contributed by atoms with Crippen LogP contribution in [0.2, 0.25) is 0 Å². The Morgan fingerprint density at radius 3 is 2.27 bits per heavy atom. The standard InChI is InChI=1S/C22H28FN3O4/c1-13(20(28)26-25-19(27)12-30-18-5-3-2-4-17(18)23)24-21(29)22-9-14-6-15(10-22)8-16(7-14)11-22/h2-5,13-16H,6-12H2,1H3,(H,24,29)(H,25,27)(H,26,28)/t13-,14?,15?,16?,22?/m0/s1. The van der Waals surface area contributed by atoms with Crippen LogP contribution in [0.4, 0.5) is 4.39 Å². The summed E-state index contributed by atoms with van der Waals surface area (Å²) in [6.07, 6.45) is 6.48. The fourth-order valence-electron chi connectivity index (χ4n) is 5.78. The van der Waals surface area contributed by atoms with E-state index in [4.69, 9.17) is 4.74 Å². The summed E-state index contributed by atoms with van der Waals surface area (Å²) in [5.74, 6) is 0.0992. The smallest absolute Gasteiger partial charge is 0.276 e. The van der Waals surface area contributed by atoms with Crippen LogP contribution in [-0.4, -0.2) is 30.4 Å². The Labute approximate surface area is 175 Å². The van der Waals surface area contributed by atoms with E-state index in [1.807, 2.05) is 0 Å². The molecule has 7 nitrogen and oxygen atoms in total. The van der Waals surface area contributed by atoms with Crippen LogP contribution in [0.25, 0.3) is 0 Å². The van der Waals surface area contributed by atoms with E-state index in [1.165, 1.54) is 37.5 Å². The van der Waals surface area contributed by atoms with Gasteiger partial charge in [-0.05, 0) is 75.3 Å². The van der Waals surface area contributed by atoms with E-state index in [9.17, 15) is 18.8 Å². The number of amides is 3. The Hall–Kier alpha value is -2.64. The fourth-order valence-corrected chi connectivity index (χ4v) is 5.78. The molecule has 5 rings (SSSR count). The molecular formula is C22H28FN3O4. The highest BCUT2D eigenvalue weighted by atomic mass is 19.1. The van der Waals surface area contributed by atoms with Gasteiger partial charge in [0, 0.05) is 5.41 Å². The maximum atomic E-state index is 13.5. The number of hydrogen-bond donors (Lipinski definition) is 3. The average molecular weight is 417 g/mol. The number of carbonyl (C=O) groups excluding carboxylic acids is 3. The van der Waals surface area contributed by atoms with Crippen LogP contribution in [0.1, 0.15) is 45.4 Å². The van der Waals surface area contributed by atoms with Crippen molar-refractivity contribution in [2.24, 2.45) is 23.2 Å².